The van der Waals surface area contributed by atoms with Crippen molar-refractivity contribution in [3.05, 3.63) is 106 Å². The number of fused-ring (bicyclic) bond motifs is 8. The zero-order chi connectivity index (χ0) is 40.0. The summed E-state index contributed by atoms with van der Waals surface area (Å²) in [5.41, 5.74) is 0.195. The summed E-state index contributed by atoms with van der Waals surface area (Å²) in [6.45, 7) is 4.86. The van der Waals surface area contributed by atoms with Gasteiger partial charge in [-0.25, -0.2) is 0 Å². The Kier molecular flexibility index (Phi) is 13.5. The minimum atomic E-state index is -4.63. The van der Waals surface area contributed by atoms with Gasteiger partial charge in [-0.15, -0.1) is 0 Å². The summed E-state index contributed by atoms with van der Waals surface area (Å²) < 4.78 is 57.5. The Morgan fingerprint density at radius 2 is 1.73 bits per heavy atom. The minimum absolute atomic E-state index is 0.0414. The zero-order valence-corrected chi connectivity index (χ0v) is 32.5. The van der Waals surface area contributed by atoms with Gasteiger partial charge in [-0.1, -0.05) is 48.9 Å². The van der Waals surface area contributed by atoms with Crippen molar-refractivity contribution < 1.29 is 47.2 Å². The van der Waals surface area contributed by atoms with Crippen LogP contribution in [0.1, 0.15) is 103 Å². The third kappa shape index (κ3) is 9.62. The van der Waals surface area contributed by atoms with Gasteiger partial charge in [0.25, 0.3) is 0 Å². The highest BCUT2D eigenvalue weighted by Gasteiger charge is 2.57. The molecule has 2 N–H and O–H groups in total. The Bertz CT molecular complexity index is 1860. The van der Waals surface area contributed by atoms with E-state index < -0.39 is 34.6 Å². The first-order valence-electron chi connectivity index (χ1n) is 19.0. The molecule has 0 spiro atoms. The number of carbonyl (C=O) groups is 2. The van der Waals surface area contributed by atoms with Crippen LogP contribution in [0.5, 0.6) is 11.5 Å². The number of alkyl halides is 3. The number of halogens is 3. The van der Waals surface area contributed by atoms with Crippen molar-refractivity contribution in [2.75, 3.05) is 41.0 Å². The van der Waals surface area contributed by atoms with Crippen molar-refractivity contribution in [3.63, 3.8) is 0 Å². The van der Waals surface area contributed by atoms with E-state index >= 15 is 0 Å². The lowest BCUT2D eigenvalue weighted by Crippen LogP contribution is -2.54. The Hall–Kier alpha value is -4.19. The lowest BCUT2D eigenvalue weighted by atomic mass is 9.64. The molecule has 1 amide bonds. The molecule has 0 radical (unpaired) electrons. The molecule has 298 valence electrons. The molecule has 0 heterocycles. The minimum Gasteiger partial charge on any atom is -0.493 e. The molecule has 3 aromatic rings. The molecule has 55 heavy (non-hydrogen) atoms. The molecular weight excluding hydrogens is 711 g/mol. The molecule has 0 saturated heterocycles. The third-order valence-corrected chi connectivity index (χ3v) is 11.8. The highest BCUT2D eigenvalue weighted by molar-refractivity contribution is 6.10. The second kappa shape index (κ2) is 17.7. The van der Waals surface area contributed by atoms with Crippen LogP contribution in [0.4, 0.5) is 13.2 Å². The second-order valence-corrected chi connectivity index (χ2v) is 15.4. The number of aliphatic hydroxyl groups excluding tert-OH is 1. The molecule has 3 aliphatic carbocycles. The van der Waals surface area contributed by atoms with Crippen LogP contribution in [0.25, 0.3) is 0 Å². The van der Waals surface area contributed by atoms with Crippen molar-refractivity contribution in [2.24, 2.45) is 5.41 Å². The smallest absolute Gasteiger partial charge is 0.416 e. The lowest BCUT2D eigenvalue weighted by molar-refractivity contribution is -0.140. The van der Waals surface area contributed by atoms with Crippen molar-refractivity contribution >= 4 is 11.7 Å². The summed E-state index contributed by atoms with van der Waals surface area (Å²) in [7, 11) is 4.67. The largest absolute Gasteiger partial charge is 0.493 e. The molecule has 0 aliphatic heterocycles. The van der Waals surface area contributed by atoms with Crippen LogP contribution in [0.2, 0.25) is 0 Å². The number of benzene rings is 3. The molecule has 0 aromatic heterocycles. The molecule has 1 saturated carbocycles. The number of hydrogen-bond donors (Lipinski definition) is 2. The Labute approximate surface area is 322 Å². The van der Waals surface area contributed by atoms with Crippen LogP contribution in [0.15, 0.2) is 72.3 Å². The normalized spacial score (nSPS) is 23.1. The van der Waals surface area contributed by atoms with E-state index in [0.29, 0.717) is 80.7 Å². The second-order valence-electron chi connectivity index (χ2n) is 15.4. The average Bonchev–Trinajstić information content (AvgIpc) is 3.41. The number of aliphatic hydroxyl groups is 2. The first-order chi connectivity index (χ1) is 26.1. The lowest BCUT2D eigenvalue weighted by Gasteiger charge is -2.46. The standard InChI is InChI=1S/C44H54F3NO7/c1-29-9-7-19-42(2)37(18-20-43(42,52)28-48(21-8-22-53-3)40(50)26-31-14-17-38(54-4)39(25-31)55-5)35-16-13-30(23-34(49)15-12-29)24-36(35)41(51)32-10-6-11-33(27-32)44(45,46)47/h6,9-11,13-14,16-17,24-25,27,34,37,49,52H,7-8,12,15,18-23,26,28H2,1-5H3. The fraction of sp³-hybridized carbons (Fsp3) is 0.500. The van der Waals surface area contributed by atoms with Gasteiger partial charge in [0, 0.05) is 43.3 Å². The summed E-state index contributed by atoms with van der Waals surface area (Å²) >= 11 is 0. The van der Waals surface area contributed by atoms with E-state index in [1.54, 1.807) is 37.3 Å². The van der Waals surface area contributed by atoms with E-state index in [0.717, 1.165) is 23.3 Å². The SMILES string of the molecule is COCCCN(CC1(O)CCC2c3ccc(cc3C(=O)c3cccc(C(F)(F)F)c3)CC(O)CCC(C)=CCCC21C)C(=O)Cc1ccc(OC)c(OC)c1. The van der Waals surface area contributed by atoms with Crippen LogP contribution in [-0.2, 0) is 28.5 Å². The maximum atomic E-state index is 14.3. The van der Waals surface area contributed by atoms with Crippen LogP contribution < -0.4 is 9.47 Å². The molecule has 3 aromatic carbocycles. The monoisotopic (exact) mass is 765 g/mol. The Morgan fingerprint density at radius 3 is 2.44 bits per heavy atom. The molecule has 4 unspecified atom stereocenters. The maximum absolute atomic E-state index is 14.3. The summed E-state index contributed by atoms with van der Waals surface area (Å²) in [6.07, 6.45) is 0.834. The zero-order valence-electron chi connectivity index (χ0n) is 32.5. The van der Waals surface area contributed by atoms with Crippen LogP contribution in [-0.4, -0.2) is 79.5 Å². The highest BCUT2D eigenvalue weighted by Crippen LogP contribution is 2.59. The molecule has 8 nitrogen and oxygen atoms in total. The van der Waals surface area contributed by atoms with Gasteiger partial charge < -0.3 is 29.3 Å². The van der Waals surface area contributed by atoms with Crippen LogP contribution >= 0.6 is 0 Å². The number of methoxy groups -OCH3 is 3. The van der Waals surface area contributed by atoms with Crippen molar-refractivity contribution in [2.45, 2.75) is 95.4 Å². The number of ether oxygens (including phenoxy) is 3. The Balaban J connectivity index is 1.57. The molecule has 1 fully saturated rings. The molecule has 11 heteroatoms. The molecule has 2 bridgehead atoms. The van der Waals surface area contributed by atoms with Gasteiger partial charge in [0.05, 0.1) is 37.9 Å². The van der Waals surface area contributed by atoms with Crippen LogP contribution in [0.3, 0.4) is 0 Å². The summed E-state index contributed by atoms with van der Waals surface area (Å²) in [5.74, 6) is -0.0570. The number of ketones is 1. The quantitative estimate of drug-likeness (QED) is 0.109. The number of rotatable bonds is 12. The van der Waals surface area contributed by atoms with Gasteiger partial charge in [0.1, 0.15) is 0 Å². The summed E-state index contributed by atoms with van der Waals surface area (Å²) in [4.78, 5) is 30.2. The van der Waals surface area contributed by atoms with Crippen molar-refractivity contribution in [3.8, 4) is 11.5 Å². The van der Waals surface area contributed by atoms with Gasteiger partial charge in [-0.05, 0) is 111 Å². The number of amides is 1. The highest BCUT2D eigenvalue weighted by atomic mass is 19.4. The van der Waals surface area contributed by atoms with E-state index in [4.69, 9.17) is 14.2 Å². The van der Waals surface area contributed by atoms with E-state index in [-0.39, 0.29) is 42.3 Å². The first kappa shape index (κ1) is 42.0. The van der Waals surface area contributed by atoms with Gasteiger partial charge >= 0.3 is 6.18 Å². The maximum Gasteiger partial charge on any atom is 0.416 e. The van der Waals surface area contributed by atoms with E-state index in [1.165, 1.54) is 19.2 Å². The fourth-order valence-corrected chi connectivity index (χ4v) is 8.47. The van der Waals surface area contributed by atoms with E-state index in [1.807, 2.05) is 32.0 Å². The summed E-state index contributed by atoms with van der Waals surface area (Å²) in [5, 5.41) is 23.9. The molecule has 3 aliphatic rings. The van der Waals surface area contributed by atoms with E-state index in [9.17, 15) is 33.0 Å². The van der Waals surface area contributed by atoms with Gasteiger partial charge in [0.15, 0.2) is 17.3 Å². The topological polar surface area (TPSA) is 106 Å². The number of carbonyl (C=O) groups excluding carboxylic acids is 2. The summed E-state index contributed by atoms with van der Waals surface area (Å²) in [6, 6.07) is 15.2. The third-order valence-electron chi connectivity index (χ3n) is 11.8. The Morgan fingerprint density at radius 1 is 0.964 bits per heavy atom. The number of allylic oxidation sites excluding steroid dienone is 2. The fourth-order valence-electron chi connectivity index (χ4n) is 8.47. The van der Waals surface area contributed by atoms with Gasteiger partial charge in [-0.3, -0.25) is 9.59 Å². The van der Waals surface area contributed by atoms with Crippen LogP contribution in [0, 0.1) is 5.41 Å². The first-order valence-corrected chi connectivity index (χ1v) is 19.0. The predicted octanol–water partition coefficient (Wildman–Crippen LogP) is 8.10. The van der Waals surface area contributed by atoms with Crippen molar-refractivity contribution in [1.82, 2.24) is 4.90 Å². The van der Waals surface area contributed by atoms with Gasteiger partial charge in [0.2, 0.25) is 5.91 Å². The molecular formula is C44H54F3NO7. The van der Waals surface area contributed by atoms with Gasteiger partial charge in [-0.2, -0.15) is 13.2 Å². The number of nitrogens with zero attached hydrogens (tertiary/aromatic N) is 1. The van der Waals surface area contributed by atoms with E-state index in [2.05, 4.69) is 6.08 Å². The molecule has 6 rings (SSSR count). The van der Waals surface area contributed by atoms with Crippen molar-refractivity contribution in [1.29, 1.82) is 0 Å². The number of hydrogen-bond acceptors (Lipinski definition) is 7. The average molecular weight is 766 g/mol. The predicted molar refractivity (Wildman–Crippen MR) is 205 cm³/mol. The molecule has 4 atom stereocenters.